The predicted molar refractivity (Wildman–Crippen MR) is 81.5 cm³/mol. The van der Waals surface area contributed by atoms with E-state index in [2.05, 4.69) is 4.98 Å². The number of aromatic nitrogens is 1. The number of hydrogen-bond acceptors (Lipinski definition) is 4. The van der Waals surface area contributed by atoms with Crippen LogP contribution in [0.15, 0.2) is 29.6 Å². The van der Waals surface area contributed by atoms with Crippen LogP contribution in [0.2, 0.25) is 0 Å². The zero-order valence-electron chi connectivity index (χ0n) is 11.8. The highest BCUT2D eigenvalue weighted by molar-refractivity contribution is 7.10. The Hall–Kier alpha value is -2.48. The average Bonchev–Trinajstić information content (AvgIpc) is 3.13. The molecule has 1 aliphatic heterocycles. The molecule has 6 nitrogen and oxygen atoms in total. The largest absolute Gasteiger partial charge is 0.478 e. The van der Waals surface area contributed by atoms with E-state index in [1.807, 2.05) is 0 Å². The van der Waals surface area contributed by atoms with E-state index in [-0.39, 0.29) is 18.5 Å². The van der Waals surface area contributed by atoms with Gasteiger partial charge in [0.2, 0.25) is 0 Å². The fourth-order valence-electron chi connectivity index (χ4n) is 2.59. The fraction of sp³-hybridized carbons (Fsp3) is 0.267. The molecule has 2 atom stereocenters. The second kappa shape index (κ2) is 5.96. The molecule has 0 spiro atoms. The molecular weight excluding hydrogens is 323 g/mol. The summed E-state index contributed by atoms with van der Waals surface area (Å²) in [6.07, 6.45) is -2.23. The topological polar surface area (TPSA) is 90.7 Å². The predicted octanol–water partition coefficient (Wildman–Crippen LogP) is 3.27. The Bertz CT molecular complexity index is 746. The van der Waals surface area contributed by atoms with Crippen LogP contribution in [0.5, 0.6) is 0 Å². The minimum absolute atomic E-state index is 0.108. The molecule has 0 aliphatic carbocycles. The summed E-state index contributed by atoms with van der Waals surface area (Å²) in [6, 6.07) is 5.67. The maximum absolute atomic E-state index is 13.5. The van der Waals surface area contributed by atoms with E-state index in [4.69, 9.17) is 10.2 Å². The summed E-state index contributed by atoms with van der Waals surface area (Å²) in [6.45, 7) is -0.137. The number of rotatable bonds is 3. The van der Waals surface area contributed by atoms with E-state index >= 15 is 0 Å². The average molecular weight is 336 g/mol. The fourth-order valence-corrected chi connectivity index (χ4v) is 3.54. The number of amides is 1. The normalized spacial score (nSPS) is 20.7. The van der Waals surface area contributed by atoms with Gasteiger partial charge in [-0.1, -0.05) is 12.1 Å². The molecule has 2 aromatic rings. The summed E-state index contributed by atoms with van der Waals surface area (Å²) in [5.41, 5.74) is 1.53. The maximum Gasteiger partial charge on any atom is 0.407 e. The zero-order chi connectivity index (χ0) is 16.6. The van der Waals surface area contributed by atoms with E-state index in [9.17, 15) is 14.0 Å². The molecule has 0 saturated carbocycles. The molecule has 2 N–H and O–H groups in total. The summed E-state index contributed by atoms with van der Waals surface area (Å²) in [5, 5.41) is 20.3. The van der Waals surface area contributed by atoms with Gasteiger partial charge in [-0.3, -0.25) is 4.90 Å². The molecule has 1 amide bonds. The van der Waals surface area contributed by atoms with Gasteiger partial charge >= 0.3 is 12.1 Å². The van der Waals surface area contributed by atoms with E-state index in [1.54, 1.807) is 17.5 Å². The van der Waals surface area contributed by atoms with Crippen LogP contribution in [0.3, 0.4) is 0 Å². The first kappa shape index (κ1) is 15.4. The van der Waals surface area contributed by atoms with Crippen molar-refractivity contribution in [2.45, 2.75) is 18.6 Å². The Morgan fingerprint density at radius 1 is 1.26 bits per heavy atom. The van der Waals surface area contributed by atoms with Crippen molar-refractivity contribution in [2.75, 3.05) is 6.54 Å². The van der Waals surface area contributed by atoms with Crippen molar-refractivity contribution in [3.05, 3.63) is 40.2 Å². The lowest BCUT2D eigenvalue weighted by Crippen LogP contribution is -2.29. The molecule has 0 radical (unpaired) electrons. The van der Waals surface area contributed by atoms with Crippen molar-refractivity contribution < 1.29 is 24.2 Å². The van der Waals surface area contributed by atoms with Gasteiger partial charge in [0.25, 0.3) is 0 Å². The number of aromatic carboxylic acids is 1. The van der Waals surface area contributed by atoms with Gasteiger partial charge < -0.3 is 10.2 Å². The van der Waals surface area contributed by atoms with Gasteiger partial charge in [0, 0.05) is 17.4 Å². The highest BCUT2D eigenvalue weighted by Gasteiger charge is 2.38. The smallest absolute Gasteiger partial charge is 0.407 e. The number of alkyl halides is 1. The van der Waals surface area contributed by atoms with Crippen molar-refractivity contribution >= 4 is 23.4 Å². The number of hydrogen-bond donors (Lipinski definition) is 2. The van der Waals surface area contributed by atoms with Crippen molar-refractivity contribution in [3.8, 4) is 11.3 Å². The Morgan fingerprint density at radius 2 is 1.96 bits per heavy atom. The van der Waals surface area contributed by atoms with Crippen molar-refractivity contribution in [3.63, 3.8) is 0 Å². The summed E-state index contributed by atoms with van der Waals surface area (Å²) in [5.74, 6) is -1.01. The zero-order valence-corrected chi connectivity index (χ0v) is 12.7. The summed E-state index contributed by atoms with van der Waals surface area (Å²) < 4.78 is 13.5. The molecular formula is C15H13FN2O4S. The molecule has 0 bridgehead atoms. The van der Waals surface area contributed by atoms with Crippen LogP contribution in [0, 0.1) is 0 Å². The minimum atomic E-state index is -1.18. The van der Waals surface area contributed by atoms with Crippen LogP contribution < -0.4 is 0 Å². The Morgan fingerprint density at radius 3 is 2.57 bits per heavy atom. The first-order valence-electron chi connectivity index (χ1n) is 6.88. The number of thiazole rings is 1. The van der Waals surface area contributed by atoms with Crippen molar-refractivity contribution in [1.82, 2.24) is 9.88 Å². The number of carboxylic acid groups (broad SMARTS) is 2. The first-order valence-corrected chi connectivity index (χ1v) is 7.76. The van der Waals surface area contributed by atoms with Crippen LogP contribution in [0.1, 0.15) is 27.8 Å². The van der Waals surface area contributed by atoms with Crippen molar-refractivity contribution in [2.24, 2.45) is 0 Å². The lowest BCUT2D eigenvalue weighted by atomic mass is 10.1. The Labute approximate surface area is 134 Å². The van der Waals surface area contributed by atoms with Crippen LogP contribution in [-0.4, -0.2) is 44.9 Å². The maximum atomic E-state index is 13.5. The number of nitrogens with zero attached hydrogens (tertiary/aromatic N) is 2. The summed E-state index contributed by atoms with van der Waals surface area (Å²) in [4.78, 5) is 27.5. The molecule has 120 valence electrons. The van der Waals surface area contributed by atoms with Crippen molar-refractivity contribution in [1.29, 1.82) is 0 Å². The molecule has 1 aromatic carbocycles. The second-order valence-electron chi connectivity index (χ2n) is 5.24. The second-order valence-corrected chi connectivity index (χ2v) is 6.13. The summed E-state index contributed by atoms with van der Waals surface area (Å²) in [7, 11) is 0. The van der Waals surface area contributed by atoms with Crippen LogP contribution >= 0.6 is 11.3 Å². The lowest BCUT2D eigenvalue weighted by Gasteiger charge is -2.18. The molecule has 23 heavy (non-hydrogen) atoms. The van der Waals surface area contributed by atoms with Crippen LogP contribution in [0.4, 0.5) is 9.18 Å². The summed E-state index contributed by atoms with van der Waals surface area (Å²) >= 11 is 1.28. The Balaban J connectivity index is 1.85. The van der Waals surface area contributed by atoms with Crippen LogP contribution in [-0.2, 0) is 0 Å². The highest BCUT2D eigenvalue weighted by Crippen LogP contribution is 2.36. The SMILES string of the molecule is O=C(O)c1ccc(-c2csc(C3CC(F)CN3C(=O)O)n2)cc1. The van der Waals surface area contributed by atoms with Crippen LogP contribution in [0.25, 0.3) is 11.3 Å². The first-order chi connectivity index (χ1) is 11.0. The van der Waals surface area contributed by atoms with E-state index in [0.29, 0.717) is 10.7 Å². The van der Waals surface area contributed by atoms with Gasteiger partial charge in [-0.05, 0) is 12.1 Å². The standard InChI is InChI=1S/C15H13FN2O4S/c16-10-5-12(18(6-10)15(21)22)13-17-11(7-23-13)8-1-3-9(4-2-8)14(19)20/h1-4,7,10,12H,5-6H2,(H,19,20)(H,21,22). The van der Waals surface area contributed by atoms with Gasteiger partial charge in [0.05, 0.1) is 23.8 Å². The van der Waals surface area contributed by atoms with E-state index < -0.39 is 24.3 Å². The molecule has 1 aromatic heterocycles. The molecule has 1 aliphatic rings. The number of carbonyl (C=O) groups is 2. The van der Waals surface area contributed by atoms with E-state index in [1.165, 1.54) is 23.5 Å². The van der Waals surface area contributed by atoms with Gasteiger partial charge in [-0.15, -0.1) is 11.3 Å². The van der Waals surface area contributed by atoms with Gasteiger partial charge in [0.1, 0.15) is 11.2 Å². The highest BCUT2D eigenvalue weighted by atomic mass is 32.1. The molecule has 8 heteroatoms. The third-order valence-corrected chi connectivity index (χ3v) is 4.68. The Kier molecular flexibility index (Phi) is 3.99. The number of halogens is 1. The minimum Gasteiger partial charge on any atom is -0.478 e. The monoisotopic (exact) mass is 336 g/mol. The number of likely N-dealkylation sites (tertiary alicyclic amines) is 1. The third kappa shape index (κ3) is 3.02. The third-order valence-electron chi connectivity index (χ3n) is 3.73. The molecule has 3 rings (SSSR count). The molecule has 1 saturated heterocycles. The number of benzene rings is 1. The lowest BCUT2D eigenvalue weighted by molar-refractivity contribution is 0.0696. The molecule has 2 heterocycles. The van der Waals surface area contributed by atoms with Gasteiger partial charge in [-0.25, -0.2) is 19.0 Å². The molecule has 2 unspecified atom stereocenters. The quantitative estimate of drug-likeness (QED) is 0.898. The number of carboxylic acids is 1. The molecule has 1 fully saturated rings. The van der Waals surface area contributed by atoms with E-state index in [0.717, 1.165) is 10.5 Å². The van der Waals surface area contributed by atoms with Gasteiger partial charge in [-0.2, -0.15) is 0 Å². The van der Waals surface area contributed by atoms with Gasteiger partial charge in [0.15, 0.2) is 0 Å².